The van der Waals surface area contributed by atoms with Crippen molar-refractivity contribution in [2.24, 2.45) is 0 Å². The van der Waals surface area contributed by atoms with Crippen molar-refractivity contribution in [2.45, 2.75) is 0 Å². The molecule has 0 bridgehead atoms. The molecule has 340 valence electrons. The van der Waals surface area contributed by atoms with E-state index in [-0.39, 0.29) is 0 Å². The first kappa shape index (κ1) is 41.1. The first-order valence-electron chi connectivity index (χ1n) is 24.9. The molecule has 0 atom stereocenters. The monoisotopic (exact) mass is 930 g/mol. The summed E-state index contributed by atoms with van der Waals surface area (Å²) < 4.78 is 18.7. The summed E-state index contributed by atoms with van der Waals surface area (Å²) in [5, 5.41) is 16.8. The minimum absolute atomic E-state index is 0.913. The third-order valence-corrected chi connectivity index (χ3v) is 14.9. The Morgan fingerprint density at radius 3 is 0.932 bits per heavy atom. The molecule has 0 unspecified atom stereocenters. The Hall–Kier alpha value is -9.70. The van der Waals surface area contributed by atoms with E-state index in [1.54, 1.807) is 0 Å². The molecule has 16 rings (SSSR count). The topological polar surface area (TPSA) is 39.4 Å². The second-order valence-electron chi connectivity index (χ2n) is 18.9. The molecular formula is C70H42O3. The SMILES string of the molecule is c1ccc(-c2c3ccccc3c(-c3cccc4c3oc3ccccc34)c3ccccc23)cc1.c1ccc2c(c1)oc1ccc(-c3c4ccccc4c(-c4ccc5oc6ccccc6c5c4)c4ccccc34)cc12. The third-order valence-electron chi connectivity index (χ3n) is 14.9. The minimum Gasteiger partial charge on any atom is -0.456 e. The molecule has 0 radical (unpaired) electrons. The summed E-state index contributed by atoms with van der Waals surface area (Å²) in [5.41, 5.74) is 15.3. The largest absolute Gasteiger partial charge is 0.456 e. The van der Waals surface area contributed by atoms with Gasteiger partial charge in [-0.3, -0.25) is 0 Å². The highest BCUT2D eigenvalue weighted by Crippen LogP contribution is 2.48. The third kappa shape index (κ3) is 6.46. The van der Waals surface area contributed by atoms with Gasteiger partial charge in [-0.2, -0.15) is 0 Å². The number of hydrogen-bond acceptors (Lipinski definition) is 3. The van der Waals surface area contributed by atoms with Crippen molar-refractivity contribution in [3.8, 4) is 44.5 Å². The van der Waals surface area contributed by atoms with E-state index in [1.807, 2.05) is 36.4 Å². The van der Waals surface area contributed by atoms with Gasteiger partial charge in [0, 0.05) is 43.4 Å². The zero-order valence-electron chi connectivity index (χ0n) is 39.5. The van der Waals surface area contributed by atoms with Crippen LogP contribution in [0.3, 0.4) is 0 Å². The number of rotatable bonds is 4. The lowest BCUT2D eigenvalue weighted by molar-refractivity contribution is 0.668. The summed E-state index contributed by atoms with van der Waals surface area (Å²) in [6, 6.07) is 90.3. The summed E-state index contributed by atoms with van der Waals surface area (Å²) in [7, 11) is 0. The molecular weight excluding hydrogens is 889 g/mol. The van der Waals surface area contributed by atoms with Crippen LogP contribution in [0.5, 0.6) is 0 Å². The van der Waals surface area contributed by atoms with Crippen LogP contribution in [0.2, 0.25) is 0 Å². The van der Waals surface area contributed by atoms with Crippen molar-refractivity contribution in [1.82, 2.24) is 0 Å². The lowest BCUT2D eigenvalue weighted by atomic mass is 9.85. The van der Waals surface area contributed by atoms with Gasteiger partial charge in [-0.15, -0.1) is 0 Å². The van der Waals surface area contributed by atoms with Crippen molar-refractivity contribution in [2.75, 3.05) is 0 Å². The molecule has 0 amide bonds. The van der Waals surface area contributed by atoms with Crippen molar-refractivity contribution in [3.05, 3.63) is 255 Å². The van der Waals surface area contributed by atoms with Crippen LogP contribution in [0.4, 0.5) is 0 Å². The lowest BCUT2D eigenvalue weighted by Gasteiger charge is -2.17. The highest BCUT2D eigenvalue weighted by molar-refractivity contribution is 6.25. The van der Waals surface area contributed by atoms with E-state index in [4.69, 9.17) is 13.3 Å². The van der Waals surface area contributed by atoms with Crippen LogP contribution in [0, 0.1) is 0 Å². The second kappa shape index (κ2) is 16.4. The second-order valence-corrected chi connectivity index (χ2v) is 18.9. The van der Waals surface area contributed by atoms with E-state index in [0.29, 0.717) is 0 Å². The molecule has 0 N–H and O–H groups in total. The molecule has 13 aromatic carbocycles. The summed E-state index contributed by atoms with van der Waals surface area (Å²) in [4.78, 5) is 0. The molecule has 0 aliphatic heterocycles. The number of benzene rings is 13. The Bertz CT molecular complexity index is 4570. The maximum Gasteiger partial charge on any atom is 0.143 e. The van der Waals surface area contributed by atoms with Crippen LogP contribution >= 0.6 is 0 Å². The van der Waals surface area contributed by atoms with E-state index >= 15 is 0 Å². The predicted octanol–water partition coefficient (Wildman–Crippen LogP) is 20.4. The number of furan rings is 3. The molecule has 16 aromatic rings. The molecule has 3 heteroatoms. The Morgan fingerprint density at radius 2 is 0.493 bits per heavy atom. The molecule has 0 saturated heterocycles. The van der Waals surface area contributed by atoms with E-state index in [2.05, 4.69) is 218 Å². The van der Waals surface area contributed by atoms with Gasteiger partial charge in [0.25, 0.3) is 0 Å². The van der Waals surface area contributed by atoms with E-state index in [0.717, 1.165) is 71.4 Å². The molecule has 0 fully saturated rings. The van der Waals surface area contributed by atoms with Gasteiger partial charge in [-0.1, -0.05) is 212 Å². The number of fused-ring (bicyclic) bond motifs is 13. The zero-order valence-corrected chi connectivity index (χ0v) is 39.5. The molecule has 73 heavy (non-hydrogen) atoms. The maximum absolute atomic E-state index is 6.45. The van der Waals surface area contributed by atoms with Gasteiger partial charge >= 0.3 is 0 Å². The van der Waals surface area contributed by atoms with Crippen molar-refractivity contribution in [3.63, 3.8) is 0 Å². The van der Waals surface area contributed by atoms with Gasteiger partial charge in [-0.05, 0) is 119 Å². The van der Waals surface area contributed by atoms with E-state index in [1.165, 1.54) is 82.0 Å². The van der Waals surface area contributed by atoms with Crippen LogP contribution in [-0.2, 0) is 0 Å². The standard InChI is InChI=1S/C38H22O2.C32H20O/c1-2-12-28-27(11-1)37(23-17-19-35-31(21-23)25-9-5-7-15-33(25)39-35)29-13-3-4-14-30(29)38(28)24-18-20-36-32(22-24)26-10-6-8-16-34(26)40-36;1-2-11-21(12-3-1)30-23-14-4-6-16-25(23)31(26-17-7-5-15-24(26)30)28-19-10-18-27-22-13-8-9-20-29(22)33-32(27)28/h1-22H;1-20H. The van der Waals surface area contributed by atoms with Gasteiger partial charge < -0.3 is 13.3 Å². The lowest BCUT2D eigenvalue weighted by Crippen LogP contribution is -1.90. The van der Waals surface area contributed by atoms with Crippen molar-refractivity contribution >= 4 is 109 Å². The van der Waals surface area contributed by atoms with Gasteiger partial charge in [0.05, 0.1) is 0 Å². The summed E-state index contributed by atoms with van der Waals surface area (Å²) in [6.07, 6.45) is 0. The average Bonchev–Trinajstić information content (AvgIpc) is 4.15. The average molecular weight is 931 g/mol. The Balaban J connectivity index is 0.000000132. The first-order chi connectivity index (χ1) is 36.2. The fraction of sp³-hybridized carbons (Fsp3) is 0. The van der Waals surface area contributed by atoms with E-state index < -0.39 is 0 Å². The fourth-order valence-corrected chi connectivity index (χ4v) is 11.8. The normalized spacial score (nSPS) is 11.8. The van der Waals surface area contributed by atoms with Crippen LogP contribution in [0.25, 0.3) is 153 Å². The maximum atomic E-state index is 6.45. The molecule has 0 saturated carbocycles. The van der Waals surface area contributed by atoms with E-state index in [9.17, 15) is 0 Å². The molecule has 3 heterocycles. The Labute approximate surface area is 419 Å². The van der Waals surface area contributed by atoms with Crippen LogP contribution in [0.1, 0.15) is 0 Å². The molecule has 0 aliphatic carbocycles. The zero-order chi connectivity index (χ0) is 48.0. The molecule has 0 spiro atoms. The Morgan fingerprint density at radius 1 is 0.178 bits per heavy atom. The molecule has 0 aliphatic rings. The van der Waals surface area contributed by atoms with Crippen LogP contribution < -0.4 is 0 Å². The first-order valence-corrected chi connectivity index (χ1v) is 24.9. The smallest absolute Gasteiger partial charge is 0.143 e. The number of hydrogen-bond donors (Lipinski definition) is 0. The van der Waals surface area contributed by atoms with Gasteiger partial charge in [0.1, 0.15) is 33.5 Å². The van der Waals surface area contributed by atoms with Crippen molar-refractivity contribution in [1.29, 1.82) is 0 Å². The predicted molar refractivity (Wildman–Crippen MR) is 306 cm³/mol. The highest BCUT2D eigenvalue weighted by Gasteiger charge is 2.21. The minimum atomic E-state index is 0.913. The highest BCUT2D eigenvalue weighted by atomic mass is 16.3. The van der Waals surface area contributed by atoms with Crippen LogP contribution in [-0.4, -0.2) is 0 Å². The summed E-state index contributed by atoms with van der Waals surface area (Å²) in [5.74, 6) is 0. The number of para-hydroxylation sites is 4. The Kier molecular flexibility index (Phi) is 9.26. The van der Waals surface area contributed by atoms with Crippen LogP contribution in [0.15, 0.2) is 268 Å². The van der Waals surface area contributed by atoms with Gasteiger partial charge in [0.15, 0.2) is 0 Å². The summed E-state index contributed by atoms with van der Waals surface area (Å²) in [6.45, 7) is 0. The van der Waals surface area contributed by atoms with Gasteiger partial charge in [0.2, 0.25) is 0 Å². The summed E-state index contributed by atoms with van der Waals surface area (Å²) >= 11 is 0. The molecule has 3 aromatic heterocycles. The fourth-order valence-electron chi connectivity index (χ4n) is 11.8. The van der Waals surface area contributed by atoms with Gasteiger partial charge in [-0.25, -0.2) is 0 Å². The van der Waals surface area contributed by atoms with Crippen molar-refractivity contribution < 1.29 is 13.3 Å². The quantitative estimate of drug-likeness (QED) is 0.165. The molecule has 3 nitrogen and oxygen atoms in total.